The first-order valence-electron chi connectivity index (χ1n) is 31.8. The number of benzene rings is 4. The van der Waals surface area contributed by atoms with Gasteiger partial charge in [-0.3, -0.25) is 0 Å². The third-order valence-electron chi connectivity index (χ3n) is 16.2. The first-order valence-corrected chi connectivity index (χ1v) is 32.2. The Morgan fingerprint density at radius 3 is 1.15 bits per heavy atom. The fourth-order valence-electron chi connectivity index (χ4n) is 9.96. The molecule has 24 nitrogen and oxygen atoms in total. The fourth-order valence-corrected chi connectivity index (χ4v) is 10.1. The average molecular weight is 1300 g/mol. The van der Waals surface area contributed by atoms with Crippen LogP contribution in [0.4, 0.5) is 24.0 Å². The highest BCUT2D eigenvalue weighted by molar-refractivity contribution is 6.30. The van der Waals surface area contributed by atoms with Crippen LogP contribution >= 0.6 is 11.6 Å². The molecular weight excluding hydrogens is 1190 g/mol. The highest BCUT2D eigenvalue weighted by atomic mass is 35.5. The van der Waals surface area contributed by atoms with Crippen LogP contribution in [-0.2, 0) is 32.7 Å². The first-order chi connectivity index (χ1) is 44.5. The summed E-state index contributed by atoms with van der Waals surface area (Å²) in [5.41, 5.74) is 4.18. The minimum atomic E-state index is -0.00972. The topological polar surface area (TPSA) is 219 Å². The van der Waals surface area contributed by atoms with E-state index in [1.807, 2.05) is 141 Å². The molecule has 0 radical (unpaired) electrons. The van der Waals surface area contributed by atoms with Gasteiger partial charge in [0.2, 0.25) is 0 Å². The third-order valence-corrected chi connectivity index (χ3v) is 16.4. The number of hydrogen-bond acceptors (Lipinski definition) is 14. The number of furan rings is 1. The molecule has 5 N–H and O–H groups in total. The van der Waals surface area contributed by atoms with Gasteiger partial charge in [0.1, 0.15) is 23.0 Å². The molecule has 1 aromatic heterocycles. The van der Waals surface area contributed by atoms with Crippen LogP contribution in [-0.4, -0.2) is 266 Å². The SMILES string of the molecule is CCOc1ccccc1CNC(=O)N1CCN(C)CC1.CN1CCN(C(=O)NCc2ccc(Cl)cc2)CC1.CN1CCN(C(=O)NCc2ccco2)CC1.COc1ccc(CNC(=O)N2CCN(C)CC2)cc1.COc1cccc(CNC(=O)N2CCN(C)CC2)c1. The summed E-state index contributed by atoms with van der Waals surface area (Å²) >= 11 is 5.81. The maximum Gasteiger partial charge on any atom is 0.317 e. The Morgan fingerprint density at radius 1 is 0.402 bits per heavy atom. The largest absolute Gasteiger partial charge is 0.497 e. The summed E-state index contributed by atoms with van der Waals surface area (Å²) in [4.78, 5) is 80.2. The molecule has 0 bridgehead atoms. The minimum absolute atomic E-state index is 0.00408. The van der Waals surface area contributed by atoms with E-state index in [1.165, 1.54) is 0 Å². The van der Waals surface area contributed by atoms with Gasteiger partial charge in [-0.1, -0.05) is 66.2 Å². The van der Waals surface area contributed by atoms with Gasteiger partial charge in [0.05, 0.1) is 33.6 Å². The van der Waals surface area contributed by atoms with E-state index in [9.17, 15) is 24.0 Å². The molecule has 10 amide bonds. The number of methoxy groups -OCH3 is 2. The molecule has 504 valence electrons. The van der Waals surface area contributed by atoms with E-state index < -0.39 is 0 Å². The van der Waals surface area contributed by atoms with Gasteiger partial charge in [-0.25, -0.2) is 24.0 Å². The van der Waals surface area contributed by atoms with Crippen molar-refractivity contribution >= 4 is 41.8 Å². The van der Waals surface area contributed by atoms with Crippen molar-refractivity contribution in [1.29, 1.82) is 0 Å². The standard InChI is InChI=1S/C15H23N3O2.2C14H21N3O2.C13H18ClN3O.C11H17N3O2/c1-3-20-14-7-5-4-6-13(14)12-16-15(19)18-10-8-17(2)9-11-18;1-16-7-9-17(10-8-16)14(18)15-11-12-3-5-13(19-2)6-4-12;1-16-6-8-17(9-7-16)14(18)15-11-12-4-3-5-13(10-12)19-2;1-16-6-8-17(9-7-16)13(18)15-10-11-2-4-12(14)5-3-11;1-13-4-6-14(7-5-13)11(15)12-9-10-3-2-8-16-10/h4-7H,3,8-12H2,1-2H3,(H,16,19);3-6H,7-11H2,1-2H3,(H,15,18);3-5,10H,6-9,11H2,1-2H3,(H,15,18);2-5H,6-10H2,1H3,(H,15,18);2-3,8H,4-7,9H2,1H3,(H,12,15). The van der Waals surface area contributed by atoms with Crippen LogP contribution in [0.3, 0.4) is 0 Å². The number of para-hydroxylation sites is 1. The van der Waals surface area contributed by atoms with Gasteiger partial charge >= 0.3 is 30.2 Å². The fraction of sp³-hybridized carbons (Fsp3) is 0.507. The van der Waals surface area contributed by atoms with Gasteiger partial charge in [0.25, 0.3) is 0 Å². The molecule has 5 fully saturated rings. The number of nitrogens with one attached hydrogen (secondary N) is 5. The van der Waals surface area contributed by atoms with Crippen LogP contribution in [0.1, 0.15) is 34.9 Å². The molecule has 6 heterocycles. The second-order valence-corrected chi connectivity index (χ2v) is 23.6. The van der Waals surface area contributed by atoms with Crippen LogP contribution < -0.4 is 40.8 Å². The predicted octanol–water partition coefficient (Wildman–Crippen LogP) is 6.38. The summed E-state index contributed by atoms with van der Waals surface area (Å²) in [5.74, 6) is 3.26. The highest BCUT2D eigenvalue weighted by Crippen LogP contribution is 2.19. The molecule has 5 aromatic rings. The summed E-state index contributed by atoms with van der Waals surface area (Å²) in [6, 6.07) is 34.5. The third kappa shape index (κ3) is 26.7. The Hall–Kier alpha value is -8.00. The molecule has 92 heavy (non-hydrogen) atoms. The van der Waals surface area contributed by atoms with Gasteiger partial charge in [-0.05, 0) is 113 Å². The van der Waals surface area contributed by atoms with Crippen LogP contribution in [0, 0.1) is 0 Å². The summed E-state index contributed by atoms with van der Waals surface area (Å²) in [6.45, 7) is 22.5. The normalized spacial score (nSPS) is 16.5. The highest BCUT2D eigenvalue weighted by Gasteiger charge is 2.23. The molecule has 0 unspecified atom stereocenters. The number of likely N-dealkylation sites (N-methyl/N-ethyl adjacent to an activating group) is 5. The number of nitrogens with zero attached hydrogens (tertiary/aromatic N) is 10. The van der Waals surface area contributed by atoms with E-state index in [0.717, 1.165) is 176 Å². The summed E-state index contributed by atoms with van der Waals surface area (Å²) in [6.07, 6.45) is 1.61. The van der Waals surface area contributed by atoms with Crippen LogP contribution in [0.25, 0.3) is 0 Å². The number of hydrogen-bond donors (Lipinski definition) is 5. The van der Waals surface area contributed by atoms with Crippen molar-refractivity contribution < 1.29 is 42.6 Å². The van der Waals surface area contributed by atoms with Gasteiger partial charge in [-0.2, -0.15) is 0 Å². The van der Waals surface area contributed by atoms with Crippen molar-refractivity contribution in [3.63, 3.8) is 0 Å². The van der Waals surface area contributed by atoms with Gasteiger partial charge in [0.15, 0.2) is 0 Å². The van der Waals surface area contributed by atoms with Crippen LogP contribution in [0.5, 0.6) is 17.2 Å². The maximum absolute atomic E-state index is 12.1. The van der Waals surface area contributed by atoms with Crippen LogP contribution in [0.2, 0.25) is 5.02 Å². The zero-order valence-corrected chi connectivity index (χ0v) is 56.1. The molecular formula is C67H100ClN15O9. The van der Waals surface area contributed by atoms with E-state index in [4.69, 9.17) is 30.2 Å². The van der Waals surface area contributed by atoms with Crippen molar-refractivity contribution in [3.8, 4) is 17.2 Å². The van der Waals surface area contributed by atoms with Crippen molar-refractivity contribution in [1.82, 2.24) is 75.6 Å². The number of urea groups is 5. The molecule has 5 saturated heterocycles. The number of ether oxygens (including phenoxy) is 3. The zero-order valence-electron chi connectivity index (χ0n) is 55.4. The van der Waals surface area contributed by atoms with E-state index in [2.05, 4.69) is 86.3 Å². The summed E-state index contributed by atoms with van der Waals surface area (Å²) < 4.78 is 21.0. The Labute approximate surface area is 549 Å². The Balaban J connectivity index is 0.000000183. The number of carbonyl (C=O) groups excluding carboxylic acids is 5. The number of carbonyl (C=O) groups is 5. The molecule has 0 atom stereocenters. The Morgan fingerprint density at radius 2 is 0.772 bits per heavy atom. The molecule has 10 rings (SSSR count). The average Bonchev–Trinajstić information content (AvgIpc) is 2.54. The quantitative estimate of drug-likeness (QED) is 0.0816. The molecule has 25 heteroatoms. The van der Waals surface area contributed by atoms with Gasteiger partial charge in [0, 0.05) is 168 Å². The van der Waals surface area contributed by atoms with E-state index in [0.29, 0.717) is 44.4 Å². The Bertz CT molecular complexity index is 2930. The predicted molar refractivity (Wildman–Crippen MR) is 360 cm³/mol. The molecule has 0 saturated carbocycles. The lowest BCUT2D eigenvalue weighted by Crippen LogP contribution is -2.50. The number of amides is 10. The first kappa shape index (κ1) is 73.1. The van der Waals surface area contributed by atoms with Crippen molar-refractivity contribution in [2.75, 3.05) is 187 Å². The lowest BCUT2D eigenvalue weighted by Gasteiger charge is -2.32. The number of piperazine rings is 5. The van der Waals surface area contributed by atoms with Crippen molar-refractivity contribution in [3.05, 3.63) is 148 Å². The van der Waals surface area contributed by atoms with E-state index >= 15 is 0 Å². The van der Waals surface area contributed by atoms with Crippen molar-refractivity contribution in [2.24, 2.45) is 0 Å². The van der Waals surface area contributed by atoms with Gasteiger partial charge < -0.3 is 94.2 Å². The second kappa shape index (κ2) is 40.1. The smallest absolute Gasteiger partial charge is 0.317 e. The summed E-state index contributed by atoms with van der Waals surface area (Å²) in [5, 5.41) is 15.4. The monoisotopic (exact) mass is 1290 g/mol. The maximum atomic E-state index is 12.1. The zero-order chi connectivity index (χ0) is 66.0. The minimum Gasteiger partial charge on any atom is -0.497 e. The van der Waals surface area contributed by atoms with E-state index in [-0.39, 0.29) is 30.2 Å². The molecule has 0 aliphatic carbocycles. The molecule has 4 aromatic carbocycles. The van der Waals surface area contributed by atoms with E-state index in [1.54, 1.807) is 20.5 Å². The number of rotatable bonds is 14. The molecule has 5 aliphatic heterocycles. The van der Waals surface area contributed by atoms with Crippen molar-refractivity contribution in [2.45, 2.75) is 39.6 Å². The van der Waals surface area contributed by atoms with Crippen LogP contribution in [0.15, 0.2) is 120 Å². The summed E-state index contributed by atoms with van der Waals surface area (Å²) in [7, 11) is 13.7. The number of halogens is 1. The second-order valence-electron chi connectivity index (χ2n) is 23.2. The lowest BCUT2D eigenvalue weighted by atomic mass is 10.2. The lowest BCUT2D eigenvalue weighted by molar-refractivity contribution is 0.153. The molecule has 5 aliphatic rings. The molecule has 0 spiro atoms. The van der Waals surface area contributed by atoms with Gasteiger partial charge in [-0.15, -0.1) is 0 Å². The Kier molecular flexibility index (Phi) is 31.8.